The fourth-order valence-electron chi connectivity index (χ4n) is 3.00. The molecule has 5 nitrogen and oxygen atoms in total. The molecule has 2 heterocycles. The highest BCUT2D eigenvalue weighted by molar-refractivity contribution is 6.33. The van der Waals surface area contributed by atoms with E-state index in [4.69, 9.17) is 17.3 Å². The van der Waals surface area contributed by atoms with Crippen molar-refractivity contribution in [2.45, 2.75) is 0 Å². The summed E-state index contributed by atoms with van der Waals surface area (Å²) in [4.78, 5) is 4.41. The van der Waals surface area contributed by atoms with Crippen molar-refractivity contribution in [2.75, 3.05) is 5.73 Å². The quantitative estimate of drug-likeness (QED) is 0.321. The number of rotatable bonds is 3. The van der Waals surface area contributed by atoms with Crippen LogP contribution in [0.3, 0.4) is 0 Å². The minimum atomic E-state index is 0.387. The zero-order chi connectivity index (χ0) is 18.1. The zero-order valence-electron chi connectivity index (χ0n) is 13.7. The van der Waals surface area contributed by atoms with Crippen molar-refractivity contribution >= 4 is 28.8 Å². The molecule has 0 saturated heterocycles. The van der Waals surface area contributed by atoms with Gasteiger partial charge < -0.3 is 10.9 Å². The minimum Gasteiger partial charge on any atom is -0.410 e. The largest absolute Gasteiger partial charge is 0.410 e. The molecule has 0 saturated carbocycles. The molecular formula is C20H15ClN4O. The molecule has 0 aliphatic carbocycles. The van der Waals surface area contributed by atoms with Crippen molar-refractivity contribution in [3.8, 4) is 11.3 Å². The summed E-state index contributed by atoms with van der Waals surface area (Å²) in [6.07, 6.45) is 1.85. The van der Waals surface area contributed by atoms with Crippen LogP contribution >= 0.6 is 11.6 Å². The first-order valence-electron chi connectivity index (χ1n) is 7.99. The maximum atomic E-state index is 9.56. The number of nitrogens with two attached hydrogens (primary N) is 1. The van der Waals surface area contributed by atoms with E-state index >= 15 is 0 Å². The van der Waals surface area contributed by atoms with Crippen molar-refractivity contribution < 1.29 is 5.21 Å². The molecule has 2 aromatic heterocycles. The van der Waals surface area contributed by atoms with Gasteiger partial charge in [-0.2, -0.15) is 0 Å². The Hall–Kier alpha value is -3.31. The van der Waals surface area contributed by atoms with Gasteiger partial charge in [0, 0.05) is 22.9 Å². The van der Waals surface area contributed by atoms with E-state index < -0.39 is 0 Å². The molecule has 0 aliphatic rings. The second-order valence-corrected chi connectivity index (χ2v) is 6.19. The SMILES string of the molecule is Nc1nc2ccc(/C(=N/O)c3ccccc3)cn2c1-c1ccccc1Cl. The molecule has 2 aromatic carbocycles. The summed E-state index contributed by atoms with van der Waals surface area (Å²) in [6.45, 7) is 0. The molecule has 3 N–H and O–H groups in total. The van der Waals surface area contributed by atoms with Crippen LogP contribution in [-0.4, -0.2) is 20.3 Å². The van der Waals surface area contributed by atoms with Gasteiger partial charge in [-0.3, -0.25) is 4.40 Å². The third-order valence-electron chi connectivity index (χ3n) is 4.20. The predicted molar refractivity (Wildman–Crippen MR) is 104 cm³/mol. The standard InChI is InChI=1S/C20H15ClN4O/c21-16-9-5-4-8-15(16)19-20(22)23-17-11-10-14(12-25(17)19)18(24-26)13-6-2-1-3-7-13/h1-12,26H,22H2/b24-18+. The number of pyridine rings is 1. The van der Waals surface area contributed by atoms with Crippen LogP contribution in [0.1, 0.15) is 11.1 Å². The third kappa shape index (κ3) is 2.68. The summed E-state index contributed by atoms with van der Waals surface area (Å²) in [6, 6.07) is 20.6. The number of oxime groups is 1. The molecule has 0 atom stereocenters. The van der Waals surface area contributed by atoms with Gasteiger partial charge >= 0.3 is 0 Å². The van der Waals surface area contributed by atoms with Crippen LogP contribution in [0.15, 0.2) is 78.1 Å². The van der Waals surface area contributed by atoms with Gasteiger partial charge in [0.2, 0.25) is 0 Å². The molecule has 26 heavy (non-hydrogen) atoms. The van der Waals surface area contributed by atoms with Gasteiger partial charge in [-0.05, 0) is 18.2 Å². The number of anilines is 1. The van der Waals surface area contributed by atoms with Gasteiger partial charge in [-0.1, -0.05) is 65.3 Å². The molecule has 0 radical (unpaired) electrons. The topological polar surface area (TPSA) is 75.9 Å². The molecular weight excluding hydrogens is 348 g/mol. The molecule has 128 valence electrons. The first-order chi connectivity index (χ1) is 12.7. The normalized spacial score (nSPS) is 11.8. The Morgan fingerprint density at radius 1 is 0.962 bits per heavy atom. The van der Waals surface area contributed by atoms with Gasteiger partial charge in [0.1, 0.15) is 11.4 Å². The number of halogens is 1. The van der Waals surface area contributed by atoms with Crippen LogP contribution < -0.4 is 5.73 Å². The lowest BCUT2D eigenvalue weighted by Gasteiger charge is -2.09. The lowest BCUT2D eigenvalue weighted by Crippen LogP contribution is -2.05. The van der Waals surface area contributed by atoms with Crippen molar-refractivity contribution in [3.05, 3.63) is 89.1 Å². The van der Waals surface area contributed by atoms with Crippen LogP contribution in [0.2, 0.25) is 5.02 Å². The van der Waals surface area contributed by atoms with Crippen molar-refractivity contribution in [3.63, 3.8) is 0 Å². The third-order valence-corrected chi connectivity index (χ3v) is 4.52. The van der Waals surface area contributed by atoms with Gasteiger partial charge in [0.05, 0.1) is 10.7 Å². The number of imidazole rings is 1. The van der Waals surface area contributed by atoms with E-state index in [1.54, 1.807) is 0 Å². The minimum absolute atomic E-state index is 0.387. The highest BCUT2D eigenvalue weighted by Gasteiger charge is 2.16. The second-order valence-electron chi connectivity index (χ2n) is 5.79. The van der Waals surface area contributed by atoms with Crippen molar-refractivity contribution in [1.29, 1.82) is 0 Å². The fourth-order valence-corrected chi connectivity index (χ4v) is 3.23. The van der Waals surface area contributed by atoms with Crippen molar-refractivity contribution in [1.82, 2.24) is 9.38 Å². The molecule has 4 aromatic rings. The Labute approximate surface area is 155 Å². The van der Waals surface area contributed by atoms with Crippen LogP contribution in [0.25, 0.3) is 16.9 Å². The number of fused-ring (bicyclic) bond motifs is 1. The van der Waals surface area contributed by atoms with E-state index in [1.165, 1.54) is 0 Å². The molecule has 6 heteroatoms. The van der Waals surface area contributed by atoms with E-state index in [9.17, 15) is 5.21 Å². The summed E-state index contributed by atoms with van der Waals surface area (Å²) in [7, 11) is 0. The number of hydrogen-bond acceptors (Lipinski definition) is 4. The highest BCUT2D eigenvalue weighted by atomic mass is 35.5. The average molecular weight is 363 g/mol. The van der Waals surface area contributed by atoms with E-state index in [2.05, 4.69) is 10.1 Å². The summed E-state index contributed by atoms with van der Waals surface area (Å²) < 4.78 is 1.86. The molecule has 0 spiro atoms. The van der Waals surface area contributed by atoms with Crippen LogP contribution in [0.5, 0.6) is 0 Å². The van der Waals surface area contributed by atoms with Crippen LogP contribution in [-0.2, 0) is 0 Å². The maximum absolute atomic E-state index is 9.56. The van der Waals surface area contributed by atoms with E-state index in [-0.39, 0.29) is 0 Å². The smallest absolute Gasteiger partial charge is 0.150 e. The molecule has 0 amide bonds. The van der Waals surface area contributed by atoms with Crippen LogP contribution in [0.4, 0.5) is 5.82 Å². The highest BCUT2D eigenvalue weighted by Crippen LogP contribution is 2.32. The Morgan fingerprint density at radius 3 is 2.42 bits per heavy atom. The van der Waals surface area contributed by atoms with E-state index in [0.717, 1.165) is 16.7 Å². The molecule has 0 fully saturated rings. The first kappa shape index (κ1) is 16.2. The molecule has 0 unspecified atom stereocenters. The Morgan fingerprint density at radius 2 is 1.69 bits per heavy atom. The Bertz CT molecular complexity index is 1120. The van der Waals surface area contributed by atoms with E-state index in [1.807, 2.05) is 77.3 Å². The average Bonchev–Trinajstić information content (AvgIpc) is 2.99. The summed E-state index contributed by atoms with van der Waals surface area (Å²) >= 11 is 6.35. The summed E-state index contributed by atoms with van der Waals surface area (Å²) in [5, 5.41) is 13.6. The summed E-state index contributed by atoms with van der Waals surface area (Å²) in [5.74, 6) is 0.387. The number of nitrogen functional groups attached to an aromatic ring is 1. The van der Waals surface area contributed by atoms with E-state index in [0.29, 0.717) is 27.9 Å². The fraction of sp³-hybridized carbons (Fsp3) is 0. The first-order valence-corrected chi connectivity index (χ1v) is 8.37. The van der Waals surface area contributed by atoms with Gasteiger partial charge in [0.25, 0.3) is 0 Å². The second kappa shape index (κ2) is 6.54. The van der Waals surface area contributed by atoms with Gasteiger partial charge in [0.15, 0.2) is 5.82 Å². The Balaban J connectivity index is 1.93. The van der Waals surface area contributed by atoms with Gasteiger partial charge in [-0.15, -0.1) is 0 Å². The monoisotopic (exact) mass is 362 g/mol. The lowest BCUT2D eigenvalue weighted by molar-refractivity contribution is 0.319. The van der Waals surface area contributed by atoms with Crippen molar-refractivity contribution in [2.24, 2.45) is 5.16 Å². The van der Waals surface area contributed by atoms with Gasteiger partial charge in [-0.25, -0.2) is 4.98 Å². The number of nitrogens with zero attached hydrogens (tertiary/aromatic N) is 3. The zero-order valence-corrected chi connectivity index (χ0v) is 14.4. The van der Waals surface area contributed by atoms with Crippen LogP contribution in [0, 0.1) is 0 Å². The molecule has 0 aliphatic heterocycles. The number of benzene rings is 2. The summed E-state index contributed by atoms with van der Waals surface area (Å²) in [5.41, 5.74) is 10.3. The predicted octanol–water partition coefficient (Wildman–Crippen LogP) is 4.46. The number of aromatic nitrogens is 2. The Kier molecular flexibility index (Phi) is 4.07. The maximum Gasteiger partial charge on any atom is 0.150 e. The number of hydrogen-bond donors (Lipinski definition) is 2. The molecule has 0 bridgehead atoms. The molecule has 4 rings (SSSR count). The lowest BCUT2D eigenvalue weighted by atomic mass is 10.0.